The number of amidine groups is 2. The van der Waals surface area contributed by atoms with Gasteiger partial charge in [0.25, 0.3) is 11.8 Å². The van der Waals surface area contributed by atoms with E-state index in [2.05, 4.69) is 9.98 Å². The van der Waals surface area contributed by atoms with Crippen LogP contribution in [0.15, 0.2) is 128 Å². The number of benzene rings is 2. The highest BCUT2D eigenvalue weighted by molar-refractivity contribution is 7.89. The van der Waals surface area contributed by atoms with E-state index in [1.807, 2.05) is 60.7 Å². The lowest BCUT2D eigenvalue weighted by molar-refractivity contribution is -0.121. The van der Waals surface area contributed by atoms with E-state index in [1.54, 1.807) is 24.3 Å². The molecule has 2 aromatic carbocycles. The molecule has 0 fully saturated rings. The molecule has 0 bridgehead atoms. The van der Waals surface area contributed by atoms with Gasteiger partial charge in [-0.25, -0.2) is 19.8 Å². The van der Waals surface area contributed by atoms with Gasteiger partial charge in [0.1, 0.15) is 34.6 Å². The first-order valence-electron chi connectivity index (χ1n) is 12.1. The summed E-state index contributed by atoms with van der Waals surface area (Å²) in [5.41, 5.74) is 1.52. The highest BCUT2D eigenvalue weighted by atomic mass is 32.1. The van der Waals surface area contributed by atoms with Gasteiger partial charge in [0.05, 0.1) is 12.5 Å². The zero-order valence-electron chi connectivity index (χ0n) is 20.6. The summed E-state index contributed by atoms with van der Waals surface area (Å²) in [5, 5.41) is 0. The number of carbonyl (C=O) groups is 2. The smallest absolute Gasteiger partial charge is 0.283 e. The summed E-state index contributed by atoms with van der Waals surface area (Å²) in [4.78, 5) is 38.9. The summed E-state index contributed by atoms with van der Waals surface area (Å²) < 4.78 is 10.8. The molecule has 194 valence electrons. The molecule has 0 unspecified atom stereocenters. The number of carbonyl (C=O) groups excluding carboxylic acids is 2. The fraction of sp³-hybridized carbons (Fsp3) is 0. The van der Waals surface area contributed by atoms with Crippen molar-refractivity contribution in [3.05, 3.63) is 131 Å². The van der Waals surface area contributed by atoms with Crippen LogP contribution in [0.2, 0.25) is 0 Å². The third kappa shape index (κ3) is 4.66. The van der Waals surface area contributed by atoms with Crippen LogP contribution in [0.5, 0.6) is 0 Å². The summed E-state index contributed by atoms with van der Waals surface area (Å²) in [6, 6.07) is 25.1. The molecule has 0 saturated carbocycles. The molecule has 0 spiro atoms. The maximum absolute atomic E-state index is 13.7. The van der Waals surface area contributed by atoms with Crippen LogP contribution in [0.1, 0.15) is 22.6 Å². The molecule has 40 heavy (non-hydrogen) atoms. The number of hydrogen-bond donors (Lipinski definition) is 0. The summed E-state index contributed by atoms with van der Waals surface area (Å²) in [6.07, 6.45) is 6.06. The number of rotatable bonds is 4. The van der Waals surface area contributed by atoms with Crippen molar-refractivity contribution in [2.24, 2.45) is 9.98 Å². The lowest BCUT2D eigenvalue weighted by atomic mass is 10.2. The van der Waals surface area contributed by atoms with Crippen molar-refractivity contribution in [2.75, 3.05) is 0 Å². The van der Waals surface area contributed by atoms with Crippen LogP contribution in [-0.4, -0.2) is 43.3 Å². The minimum atomic E-state index is -0.501. The first-order chi connectivity index (χ1) is 19.5. The monoisotopic (exact) mass is 562 g/mol. The summed E-state index contributed by atoms with van der Waals surface area (Å²) in [5.74, 6) is 0.475. The molecule has 4 aromatic rings. The summed E-state index contributed by atoms with van der Waals surface area (Å²) >= 11 is 11.6. The van der Waals surface area contributed by atoms with Crippen molar-refractivity contribution in [3.63, 3.8) is 0 Å². The van der Waals surface area contributed by atoms with Gasteiger partial charge in [-0.05, 0) is 24.3 Å². The molecule has 2 aliphatic rings. The van der Waals surface area contributed by atoms with Gasteiger partial charge in [-0.15, -0.1) is 0 Å². The molecule has 0 N–H and O–H groups in total. The van der Waals surface area contributed by atoms with Crippen LogP contribution in [-0.2, 0) is 9.59 Å². The summed E-state index contributed by atoms with van der Waals surface area (Å²) in [6.45, 7) is 0. The largest absolute Gasteiger partial charge is 0.465 e. The lowest BCUT2D eigenvalue weighted by Crippen LogP contribution is -2.49. The standard InChI is InChI=1S/C30H18N4O4S2/c35-27-23(17-21-13-7-15-37-21)31-25(19-9-3-1-4-10-19)33(27)29(39)30(40)34-26(20-11-5-2-6-12-20)32-24(28(34)36)18-22-14-8-16-38-22/h1-18H. The highest BCUT2D eigenvalue weighted by Gasteiger charge is 2.41. The van der Waals surface area contributed by atoms with E-state index >= 15 is 0 Å². The topological polar surface area (TPSA) is 91.6 Å². The van der Waals surface area contributed by atoms with E-state index in [4.69, 9.17) is 33.3 Å². The van der Waals surface area contributed by atoms with Crippen molar-refractivity contribution in [3.8, 4) is 0 Å². The van der Waals surface area contributed by atoms with Crippen LogP contribution in [0.3, 0.4) is 0 Å². The van der Waals surface area contributed by atoms with Crippen LogP contribution in [0.25, 0.3) is 12.2 Å². The Balaban J connectivity index is 1.40. The Hall–Kier alpha value is -5.06. The normalized spacial score (nSPS) is 17.1. The third-order valence-electron chi connectivity index (χ3n) is 6.02. The van der Waals surface area contributed by atoms with E-state index in [9.17, 15) is 9.59 Å². The number of thiocarbonyl (C=S) groups is 2. The first-order valence-corrected chi connectivity index (χ1v) is 12.9. The Morgan fingerprint density at radius 1 is 0.600 bits per heavy atom. The predicted molar refractivity (Wildman–Crippen MR) is 158 cm³/mol. The van der Waals surface area contributed by atoms with Crippen LogP contribution >= 0.6 is 24.4 Å². The molecule has 0 aliphatic carbocycles. The molecule has 2 amide bonds. The van der Waals surface area contributed by atoms with Gasteiger partial charge in [-0.3, -0.25) is 9.59 Å². The van der Waals surface area contributed by atoms with E-state index in [-0.39, 0.29) is 33.0 Å². The second kappa shape index (κ2) is 10.6. The van der Waals surface area contributed by atoms with Gasteiger partial charge in [0, 0.05) is 23.3 Å². The fourth-order valence-corrected chi connectivity index (χ4v) is 4.70. The average molecular weight is 563 g/mol. The lowest BCUT2D eigenvalue weighted by Gasteiger charge is -2.25. The molecular weight excluding hydrogens is 544 g/mol. The highest BCUT2D eigenvalue weighted by Crippen LogP contribution is 2.27. The zero-order chi connectivity index (χ0) is 27.6. The maximum atomic E-state index is 13.7. The van der Waals surface area contributed by atoms with Gasteiger partial charge >= 0.3 is 0 Å². The molecule has 0 radical (unpaired) electrons. The first kappa shape index (κ1) is 25.2. The van der Waals surface area contributed by atoms with Gasteiger partial charge in [-0.2, -0.15) is 0 Å². The van der Waals surface area contributed by atoms with Crippen LogP contribution in [0.4, 0.5) is 0 Å². The Morgan fingerprint density at radius 3 is 1.35 bits per heavy atom. The van der Waals surface area contributed by atoms with Crippen LogP contribution in [0, 0.1) is 0 Å². The Kier molecular flexibility index (Phi) is 6.69. The van der Waals surface area contributed by atoms with E-state index < -0.39 is 11.8 Å². The Bertz CT molecular complexity index is 1620. The van der Waals surface area contributed by atoms with Gasteiger partial charge in [0.15, 0.2) is 9.98 Å². The number of furan rings is 2. The molecule has 2 aromatic heterocycles. The minimum Gasteiger partial charge on any atom is -0.465 e. The number of hydrogen-bond acceptors (Lipinski definition) is 8. The Morgan fingerprint density at radius 2 is 1.00 bits per heavy atom. The molecule has 4 heterocycles. The molecule has 6 rings (SSSR count). The van der Waals surface area contributed by atoms with Crippen molar-refractivity contribution in [1.29, 1.82) is 0 Å². The SMILES string of the molecule is O=C1C(=Cc2ccco2)N=C(c2ccccc2)N1C(=S)C(=S)N1C(=O)C(=Cc2ccco2)N=C1c1ccccc1. The number of amides is 2. The van der Waals surface area contributed by atoms with Crippen LogP contribution < -0.4 is 0 Å². The predicted octanol–water partition coefficient (Wildman–Crippen LogP) is 5.49. The molecule has 8 nitrogen and oxygen atoms in total. The van der Waals surface area contributed by atoms with E-state index in [1.165, 1.54) is 34.5 Å². The number of nitrogens with zero attached hydrogens (tertiary/aromatic N) is 4. The van der Waals surface area contributed by atoms with E-state index in [0.29, 0.717) is 22.6 Å². The number of aliphatic imine (C=N–C) groups is 2. The fourth-order valence-electron chi connectivity index (χ4n) is 4.18. The second-order valence-corrected chi connectivity index (χ2v) is 9.36. The Labute approximate surface area is 239 Å². The quantitative estimate of drug-likeness (QED) is 0.241. The van der Waals surface area contributed by atoms with Gasteiger partial charge in [-0.1, -0.05) is 85.1 Å². The van der Waals surface area contributed by atoms with Crippen molar-refractivity contribution in [2.45, 2.75) is 0 Å². The zero-order valence-corrected chi connectivity index (χ0v) is 22.3. The van der Waals surface area contributed by atoms with Crippen molar-refractivity contribution < 1.29 is 18.4 Å². The van der Waals surface area contributed by atoms with Gasteiger partial charge < -0.3 is 8.83 Å². The molecular formula is C30H18N4O4S2. The summed E-state index contributed by atoms with van der Waals surface area (Å²) in [7, 11) is 0. The molecule has 2 aliphatic heterocycles. The second-order valence-electron chi connectivity index (χ2n) is 8.58. The van der Waals surface area contributed by atoms with Crippen molar-refractivity contribution >= 4 is 70.1 Å². The molecule has 10 heteroatoms. The maximum Gasteiger partial charge on any atom is 0.283 e. The van der Waals surface area contributed by atoms with Gasteiger partial charge in [0.2, 0.25) is 0 Å². The molecule has 0 saturated heterocycles. The van der Waals surface area contributed by atoms with Crippen molar-refractivity contribution in [1.82, 2.24) is 9.80 Å². The van der Waals surface area contributed by atoms with E-state index in [0.717, 1.165) is 0 Å². The molecule has 0 atom stereocenters. The average Bonchev–Trinajstić information content (AvgIpc) is 3.79. The minimum absolute atomic E-state index is 0.0679. The third-order valence-corrected chi connectivity index (χ3v) is 6.90.